The molecule has 3 N–H and O–H groups in total. The number of benzene rings is 2. The number of rotatable bonds is 7. The van der Waals surface area contributed by atoms with Crippen molar-refractivity contribution in [2.45, 2.75) is 39.5 Å². The highest BCUT2D eigenvalue weighted by molar-refractivity contribution is 6.36. The van der Waals surface area contributed by atoms with Crippen LogP contribution in [-0.4, -0.2) is 47.9 Å². The molecule has 2 aromatic carbocycles. The van der Waals surface area contributed by atoms with E-state index in [1.807, 2.05) is 38.1 Å². The van der Waals surface area contributed by atoms with Crippen molar-refractivity contribution in [3.05, 3.63) is 76.4 Å². The van der Waals surface area contributed by atoms with Crippen molar-refractivity contribution >= 4 is 29.2 Å². The van der Waals surface area contributed by atoms with Crippen LogP contribution in [0.1, 0.15) is 47.3 Å². The highest BCUT2D eigenvalue weighted by Gasteiger charge is 2.28. The summed E-state index contributed by atoms with van der Waals surface area (Å²) in [7, 11) is 0. The first-order valence-corrected chi connectivity index (χ1v) is 13.0. The van der Waals surface area contributed by atoms with Crippen molar-refractivity contribution in [1.29, 1.82) is 0 Å². The van der Waals surface area contributed by atoms with Crippen molar-refractivity contribution in [1.82, 2.24) is 15.2 Å². The van der Waals surface area contributed by atoms with Gasteiger partial charge in [0.1, 0.15) is 5.82 Å². The molecule has 0 unspecified atom stereocenters. The summed E-state index contributed by atoms with van der Waals surface area (Å²) in [6, 6.07) is 12.0. The lowest BCUT2D eigenvalue weighted by molar-refractivity contribution is -0.120. The van der Waals surface area contributed by atoms with E-state index in [0.29, 0.717) is 34.5 Å². The van der Waals surface area contributed by atoms with Crippen molar-refractivity contribution in [3.63, 3.8) is 0 Å². The highest BCUT2D eigenvalue weighted by Crippen LogP contribution is 2.41. The zero-order valence-corrected chi connectivity index (χ0v) is 21.4. The minimum absolute atomic E-state index is 0.00722. The van der Waals surface area contributed by atoms with Crippen molar-refractivity contribution < 1.29 is 14.0 Å². The molecule has 0 bridgehead atoms. The molecular weight excluding hydrogens is 467 g/mol. The second kappa shape index (κ2) is 10.7. The number of hydrogen-bond acceptors (Lipinski definition) is 3. The maximum atomic E-state index is 14.7. The first-order chi connectivity index (χ1) is 17.9. The zero-order chi connectivity index (χ0) is 25.9. The van der Waals surface area contributed by atoms with Gasteiger partial charge >= 0.3 is 0 Å². The van der Waals surface area contributed by atoms with E-state index in [2.05, 4.69) is 20.5 Å². The van der Waals surface area contributed by atoms with Gasteiger partial charge in [0.25, 0.3) is 5.91 Å². The number of nitrogens with zero attached hydrogens (tertiary/aromatic N) is 1. The highest BCUT2D eigenvalue weighted by atomic mass is 19.1. The standard InChI is InChI=1S/C30H33FN4O2/c1-19-23(18-28(36)32-13-16-35-14-6-3-7-15-35)20(2)33-27(19)17-24-29-22(21-9-4-5-11-25(21)31)10-8-12-26(29)34-30(24)37/h4-5,8-12,17,33H,3,6-7,13-16,18H2,1-2H3,(H,32,36)(H,34,37)/b24-17-. The maximum Gasteiger partial charge on any atom is 0.256 e. The Bertz CT molecular complexity index is 1370. The Labute approximate surface area is 217 Å². The molecule has 5 rings (SSSR count). The van der Waals surface area contributed by atoms with Crippen LogP contribution in [0.5, 0.6) is 0 Å². The fourth-order valence-corrected chi connectivity index (χ4v) is 5.42. The van der Waals surface area contributed by atoms with E-state index in [0.717, 1.165) is 42.1 Å². The third-order valence-electron chi connectivity index (χ3n) is 7.45. The Morgan fingerprint density at radius 1 is 1.05 bits per heavy atom. The van der Waals surface area contributed by atoms with E-state index in [9.17, 15) is 14.0 Å². The van der Waals surface area contributed by atoms with Crippen LogP contribution >= 0.6 is 0 Å². The fourth-order valence-electron chi connectivity index (χ4n) is 5.42. The van der Waals surface area contributed by atoms with Gasteiger partial charge in [0.15, 0.2) is 0 Å². The largest absolute Gasteiger partial charge is 0.359 e. The van der Waals surface area contributed by atoms with E-state index in [1.165, 1.54) is 25.3 Å². The summed E-state index contributed by atoms with van der Waals surface area (Å²) in [4.78, 5) is 31.4. The number of likely N-dealkylation sites (tertiary alicyclic amines) is 1. The number of aryl methyl sites for hydroxylation is 1. The molecule has 1 aromatic heterocycles. The fraction of sp³-hybridized carbons (Fsp3) is 0.333. The second-order valence-electron chi connectivity index (χ2n) is 9.92. The summed E-state index contributed by atoms with van der Waals surface area (Å²) in [5, 5.41) is 5.97. The number of aromatic amines is 1. The third kappa shape index (κ3) is 5.23. The molecule has 6 nitrogen and oxygen atoms in total. The molecule has 1 saturated heterocycles. The molecule has 2 aliphatic heterocycles. The molecule has 3 aromatic rings. The summed E-state index contributed by atoms with van der Waals surface area (Å²) in [5.41, 5.74) is 6.45. The SMILES string of the molecule is Cc1[nH]c(/C=C2\C(=O)Nc3cccc(-c4ccccc4F)c32)c(C)c1CC(=O)NCCN1CCCCC1. The summed E-state index contributed by atoms with van der Waals surface area (Å²) < 4.78 is 14.7. The van der Waals surface area contributed by atoms with E-state index in [-0.39, 0.29) is 24.1 Å². The van der Waals surface area contributed by atoms with E-state index in [1.54, 1.807) is 18.2 Å². The third-order valence-corrected chi connectivity index (χ3v) is 7.45. The van der Waals surface area contributed by atoms with Crippen LogP contribution in [0.3, 0.4) is 0 Å². The van der Waals surface area contributed by atoms with Crippen LogP contribution in [0, 0.1) is 19.7 Å². The number of H-pyrrole nitrogens is 1. The van der Waals surface area contributed by atoms with Crippen LogP contribution in [-0.2, 0) is 16.0 Å². The summed E-state index contributed by atoms with van der Waals surface area (Å²) >= 11 is 0. The topological polar surface area (TPSA) is 77.2 Å². The first kappa shape index (κ1) is 25.0. The molecule has 2 aliphatic rings. The lowest BCUT2D eigenvalue weighted by atomic mass is 9.93. The molecule has 0 radical (unpaired) electrons. The Hall–Kier alpha value is -3.71. The number of anilines is 1. The predicted octanol–water partition coefficient (Wildman–Crippen LogP) is 5.07. The monoisotopic (exact) mass is 500 g/mol. The molecule has 0 atom stereocenters. The van der Waals surface area contributed by atoms with Gasteiger partial charge in [-0.1, -0.05) is 36.8 Å². The molecule has 192 valence electrons. The molecule has 0 spiro atoms. The van der Waals surface area contributed by atoms with Crippen LogP contribution in [0.25, 0.3) is 22.8 Å². The van der Waals surface area contributed by atoms with Gasteiger partial charge in [0.2, 0.25) is 5.91 Å². The van der Waals surface area contributed by atoms with Gasteiger partial charge in [-0.3, -0.25) is 9.59 Å². The average molecular weight is 501 g/mol. The normalized spacial score (nSPS) is 16.6. The number of carbonyl (C=O) groups is 2. The van der Waals surface area contributed by atoms with Crippen LogP contribution in [0.4, 0.5) is 10.1 Å². The van der Waals surface area contributed by atoms with Gasteiger partial charge in [0, 0.05) is 41.3 Å². The molecular formula is C30H33FN4O2. The molecule has 1 fully saturated rings. The molecule has 7 heteroatoms. The zero-order valence-electron chi connectivity index (χ0n) is 21.4. The van der Waals surface area contributed by atoms with Gasteiger partial charge in [-0.25, -0.2) is 4.39 Å². The summed E-state index contributed by atoms with van der Waals surface area (Å²) in [6.45, 7) is 7.65. The van der Waals surface area contributed by atoms with E-state index >= 15 is 0 Å². The average Bonchev–Trinajstić information content (AvgIpc) is 3.35. The first-order valence-electron chi connectivity index (χ1n) is 13.0. The van der Waals surface area contributed by atoms with Crippen molar-refractivity contribution in [2.75, 3.05) is 31.5 Å². The van der Waals surface area contributed by atoms with Gasteiger partial charge in [-0.05, 0) is 74.7 Å². The number of nitrogens with one attached hydrogen (secondary N) is 3. The number of piperidine rings is 1. The lowest BCUT2D eigenvalue weighted by Crippen LogP contribution is -2.38. The smallest absolute Gasteiger partial charge is 0.256 e. The number of carbonyl (C=O) groups excluding carboxylic acids is 2. The molecule has 37 heavy (non-hydrogen) atoms. The number of halogens is 1. The van der Waals surface area contributed by atoms with Gasteiger partial charge < -0.3 is 20.5 Å². The molecule has 3 heterocycles. The number of fused-ring (bicyclic) bond motifs is 1. The number of amides is 2. The van der Waals surface area contributed by atoms with Gasteiger partial charge in [-0.15, -0.1) is 0 Å². The Morgan fingerprint density at radius 2 is 1.81 bits per heavy atom. The van der Waals surface area contributed by atoms with Gasteiger partial charge in [0.05, 0.1) is 12.0 Å². The second-order valence-corrected chi connectivity index (χ2v) is 9.92. The summed E-state index contributed by atoms with van der Waals surface area (Å²) in [6.07, 6.45) is 5.85. The number of hydrogen-bond donors (Lipinski definition) is 3. The van der Waals surface area contributed by atoms with Crippen LogP contribution in [0.2, 0.25) is 0 Å². The van der Waals surface area contributed by atoms with Gasteiger partial charge in [-0.2, -0.15) is 0 Å². The van der Waals surface area contributed by atoms with Crippen molar-refractivity contribution in [2.24, 2.45) is 0 Å². The quantitative estimate of drug-likeness (QED) is 0.396. The Kier molecular flexibility index (Phi) is 7.24. The molecule has 0 saturated carbocycles. The van der Waals surface area contributed by atoms with E-state index in [4.69, 9.17) is 0 Å². The minimum Gasteiger partial charge on any atom is -0.359 e. The predicted molar refractivity (Wildman–Crippen MR) is 146 cm³/mol. The van der Waals surface area contributed by atoms with Crippen LogP contribution < -0.4 is 10.6 Å². The number of aromatic nitrogens is 1. The summed E-state index contributed by atoms with van der Waals surface area (Å²) in [5.74, 6) is -0.579. The molecule has 0 aliphatic carbocycles. The van der Waals surface area contributed by atoms with E-state index < -0.39 is 0 Å². The Morgan fingerprint density at radius 3 is 2.59 bits per heavy atom. The van der Waals surface area contributed by atoms with Crippen LogP contribution in [0.15, 0.2) is 42.5 Å². The lowest BCUT2D eigenvalue weighted by Gasteiger charge is -2.26. The Balaban J connectivity index is 1.37. The molecule has 2 amide bonds. The maximum absolute atomic E-state index is 14.7. The van der Waals surface area contributed by atoms with Crippen molar-refractivity contribution in [3.8, 4) is 11.1 Å². The minimum atomic E-state index is -0.338.